The van der Waals surface area contributed by atoms with E-state index in [1.54, 1.807) is 17.7 Å². The van der Waals surface area contributed by atoms with Gasteiger partial charge in [0.2, 0.25) is 0 Å². The van der Waals surface area contributed by atoms with E-state index in [1.165, 1.54) is 7.11 Å². The molecule has 6 heteroatoms. The maximum absolute atomic E-state index is 11.5. The van der Waals surface area contributed by atoms with Crippen molar-refractivity contribution in [1.82, 2.24) is 9.97 Å². The molecular weight excluding hydrogens is 250 g/mol. The summed E-state index contributed by atoms with van der Waals surface area (Å²) in [5.74, 6) is 0.760. The molecule has 0 aromatic carbocycles. The number of carbonyl (C=O) groups is 1. The fourth-order valence-electron chi connectivity index (χ4n) is 2.31. The first-order valence-corrected chi connectivity index (χ1v) is 6.68. The summed E-state index contributed by atoms with van der Waals surface area (Å²) >= 11 is 1.63. The Morgan fingerprint density at radius 2 is 2.44 bits per heavy atom. The van der Waals surface area contributed by atoms with Crippen molar-refractivity contribution in [3.63, 3.8) is 0 Å². The topological polar surface area (TPSA) is 55.3 Å². The molecule has 0 saturated carbocycles. The van der Waals surface area contributed by atoms with Crippen molar-refractivity contribution in [2.75, 3.05) is 25.1 Å². The maximum atomic E-state index is 11.5. The molecule has 0 radical (unpaired) electrons. The van der Waals surface area contributed by atoms with Gasteiger partial charge in [-0.25, -0.2) is 9.97 Å². The number of ether oxygens (including phenoxy) is 1. The van der Waals surface area contributed by atoms with E-state index in [9.17, 15) is 4.79 Å². The average molecular weight is 263 g/mol. The van der Waals surface area contributed by atoms with Crippen molar-refractivity contribution in [2.45, 2.75) is 6.42 Å². The smallest absolute Gasteiger partial charge is 0.310 e. The third-order valence-electron chi connectivity index (χ3n) is 3.25. The van der Waals surface area contributed by atoms with Crippen LogP contribution < -0.4 is 4.90 Å². The molecule has 2 aromatic heterocycles. The van der Waals surface area contributed by atoms with Crippen molar-refractivity contribution in [3.8, 4) is 0 Å². The van der Waals surface area contributed by atoms with E-state index in [0.717, 1.165) is 29.0 Å². The minimum absolute atomic E-state index is 0.0417. The van der Waals surface area contributed by atoms with Gasteiger partial charge >= 0.3 is 5.97 Å². The van der Waals surface area contributed by atoms with Gasteiger partial charge < -0.3 is 9.64 Å². The lowest BCUT2D eigenvalue weighted by Crippen LogP contribution is -2.24. The van der Waals surface area contributed by atoms with Gasteiger partial charge in [-0.3, -0.25) is 4.79 Å². The predicted octanol–water partition coefficient (Wildman–Crippen LogP) is 1.69. The average Bonchev–Trinajstić information content (AvgIpc) is 3.05. The molecule has 2 aromatic rings. The summed E-state index contributed by atoms with van der Waals surface area (Å²) < 4.78 is 5.88. The zero-order valence-electron chi connectivity index (χ0n) is 10.00. The van der Waals surface area contributed by atoms with Crippen molar-refractivity contribution < 1.29 is 9.53 Å². The third-order valence-corrected chi connectivity index (χ3v) is 4.15. The number of thiophene rings is 1. The SMILES string of the molecule is COC(=O)C1CCN(c2ncnc3ccsc23)C1. The molecule has 1 atom stereocenters. The zero-order chi connectivity index (χ0) is 12.5. The van der Waals surface area contributed by atoms with E-state index in [1.807, 2.05) is 11.4 Å². The number of aromatic nitrogens is 2. The molecule has 1 aliphatic rings. The van der Waals surface area contributed by atoms with Gasteiger partial charge in [0.15, 0.2) is 0 Å². The van der Waals surface area contributed by atoms with E-state index in [0.29, 0.717) is 6.54 Å². The molecule has 3 heterocycles. The van der Waals surface area contributed by atoms with E-state index < -0.39 is 0 Å². The highest BCUT2D eigenvalue weighted by Crippen LogP contribution is 2.31. The van der Waals surface area contributed by atoms with Crippen molar-refractivity contribution >= 4 is 33.3 Å². The van der Waals surface area contributed by atoms with E-state index >= 15 is 0 Å². The molecule has 0 N–H and O–H groups in total. The van der Waals surface area contributed by atoms with Crippen LogP contribution in [-0.4, -0.2) is 36.1 Å². The second-order valence-corrected chi connectivity index (χ2v) is 5.20. The molecule has 0 amide bonds. The molecule has 18 heavy (non-hydrogen) atoms. The molecule has 1 aliphatic heterocycles. The first-order valence-electron chi connectivity index (χ1n) is 5.80. The number of methoxy groups -OCH3 is 1. The fourth-order valence-corrected chi connectivity index (χ4v) is 3.17. The largest absolute Gasteiger partial charge is 0.469 e. The normalized spacial score (nSPS) is 19.4. The number of fused-ring (bicyclic) bond motifs is 1. The van der Waals surface area contributed by atoms with Crippen LogP contribution in [0.1, 0.15) is 6.42 Å². The van der Waals surface area contributed by atoms with Crippen LogP contribution in [0.15, 0.2) is 17.8 Å². The Morgan fingerprint density at radius 3 is 3.28 bits per heavy atom. The Morgan fingerprint density at radius 1 is 1.56 bits per heavy atom. The molecular formula is C12H13N3O2S. The first-order chi connectivity index (χ1) is 8.79. The minimum Gasteiger partial charge on any atom is -0.469 e. The van der Waals surface area contributed by atoms with E-state index in [4.69, 9.17) is 4.74 Å². The lowest BCUT2D eigenvalue weighted by atomic mass is 10.1. The number of nitrogens with zero attached hydrogens (tertiary/aromatic N) is 3. The number of esters is 1. The molecule has 1 unspecified atom stereocenters. The number of hydrogen-bond acceptors (Lipinski definition) is 6. The quantitative estimate of drug-likeness (QED) is 0.772. The molecule has 5 nitrogen and oxygen atoms in total. The summed E-state index contributed by atoms with van der Waals surface area (Å²) in [5, 5.41) is 2.01. The summed E-state index contributed by atoms with van der Waals surface area (Å²) in [6.07, 6.45) is 2.40. The van der Waals surface area contributed by atoms with Crippen LogP contribution in [0, 0.1) is 5.92 Å². The van der Waals surface area contributed by atoms with E-state index in [-0.39, 0.29) is 11.9 Å². The van der Waals surface area contributed by atoms with Gasteiger partial charge in [-0.1, -0.05) is 0 Å². The lowest BCUT2D eigenvalue weighted by Gasteiger charge is -2.17. The van der Waals surface area contributed by atoms with Crippen LogP contribution in [-0.2, 0) is 9.53 Å². The van der Waals surface area contributed by atoms with Gasteiger partial charge in [0.25, 0.3) is 0 Å². The molecule has 94 valence electrons. The summed E-state index contributed by atoms with van der Waals surface area (Å²) in [7, 11) is 1.44. The molecule has 1 fully saturated rings. The number of carbonyl (C=O) groups excluding carboxylic acids is 1. The number of hydrogen-bond donors (Lipinski definition) is 0. The van der Waals surface area contributed by atoms with Crippen molar-refractivity contribution in [2.24, 2.45) is 5.92 Å². The minimum atomic E-state index is -0.131. The van der Waals surface area contributed by atoms with Gasteiger partial charge in [-0.15, -0.1) is 11.3 Å². The van der Waals surface area contributed by atoms with E-state index in [2.05, 4.69) is 14.9 Å². The summed E-state index contributed by atoms with van der Waals surface area (Å²) in [6, 6.07) is 1.99. The molecule has 0 spiro atoms. The van der Waals surface area contributed by atoms with Crippen LogP contribution in [0.25, 0.3) is 10.2 Å². The van der Waals surface area contributed by atoms with Crippen LogP contribution in [0.2, 0.25) is 0 Å². The Balaban J connectivity index is 1.88. The predicted molar refractivity (Wildman–Crippen MR) is 69.8 cm³/mol. The summed E-state index contributed by atoms with van der Waals surface area (Å²) in [4.78, 5) is 22.2. The van der Waals surface area contributed by atoms with Gasteiger partial charge in [0, 0.05) is 13.1 Å². The fraction of sp³-hybridized carbons (Fsp3) is 0.417. The van der Waals surface area contributed by atoms with Gasteiger partial charge in [0.05, 0.1) is 23.2 Å². The highest BCUT2D eigenvalue weighted by molar-refractivity contribution is 7.17. The molecule has 0 bridgehead atoms. The van der Waals surface area contributed by atoms with Crippen LogP contribution in [0.5, 0.6) is 0 Å². The molecule has 1 saturated heterocycles. The number of anilines is 1. The Bertz CT molecular complexity index is 583. The monoisotopic (exact) mass is 263 g/mol. The Hall–Kier alpha value is -1.69. The molecule has 0 aliphatic carbocycles. The zero-order valence-corrected chi connectivity index (χ0v) is 10.8. The highest BCUT2D eigenvalue weighted by atomic mass is 32.1. The van der Waals surface area contributed by atoms with Crippen LogP contribution >= 0.6 is 11.3 Å². The van der Waals surface area contributed by atoms with Crippen LogP contribution in [0.3, 0.4) is 0 Å². The van der Waals surface area contributed by atoms with Gasteiger partial charge in [-0.05, 0) is 17.9 Å². The second-order valence-electron chi connectivity index (χ2n) is 4.29. The lowest BCUT2D eigenvalue weighted by molar-refractivity contribution is -0.144. The first kappa shape index (κ1) is 11.4. The summed E-state index contributed by atoms with van der Waals surface area (Å²) in [5.41, 5.74) is 0.964. The van der Waals surface area contributed by atoms with Crippen LogP contribution in [0.4, 0.5) is 5.82 Å². The Kier molecular flexibility index (Phi) is 2.87. The standard InChI is InChI=1S/C12H13N3O2S/c1-17-12(16)8-2-4-15(6-8)11-10-9(3-5-18-10)13-7-14-11/h3,5,7-8H,2,4,6H2,1H3. The highest BCUT2D eigenvalue weighted by Gasteiger charge is 2.30. The maximum Gasteiger partial charge on any atom is 0.310 e. The Labute approximate surface area is 108 Å². The molecule has 3 rings (SSSR count). The second kappa shape index (κ2) is 4.53. The third kappa shape index (κ3) is 1.82. The van der Waals surface area contributed by atoms with Gasteiger partial charge in [-0.2, -0.15) is 0 Å². The van der Waals surface area contributed by atoms with Crippen molar-refractivity contribution in [1.29, 1.82) is 0 Å². The van der Waals surface area contributed by atoms with Gasteiger partial charge in [0.1, 0.15) is 12.1 Å². The summed E-state index contributed by atoms with van der Waals surface area (Å²) in [6.45, 7) is 1.51. The van der Waals surface area contributed by atoms with Crippen molar-refractivity contribution in [3.05, 3.63) is 17.8 Å². The number of rotatable bonds is 2.